The Bertz CT molecular complexity index is 198. The second-order valence-electron chi connectivity index (χ2n) is 5.60. The molecule has 0 rings (SSSR count). The van der Waals surface area contributed by atoms with Crippen LogP contribution in [0.5, 0.6) is 0 Å². The number of alkyl carbamates (subject to hydrolysis) is 1. The van der Waals surface area contributed by atoms with Gasteiger partial charge >= 0.3 is 6.09 Å². The molecule has 3 heteroatoms. The van der Waals surface area contributed by atoms with Gasteiger partial charge in [0.05, 0.1) is 0 Å². The number of hydrogen-bond acceptors (Lipinski definition) is 2. The van der Waals surface area contributed by atoms with Crippen LogP contribution in [0.25, 0.3) is 0 Å². The summed E-state index contributed by atoms with van der Waals surface area (Å²) in [7, 11) is 0. The van der Waals surface area contributed by atoms with Crippen molar-refractivity contribution in [2.75, 3.05) is 0 Å². The Labute approximate surface area is 127 Å². The molecular formula is C17H39NO2. The number of unbranched alkanes of at least 4 members (excludes halogenated alkanes) is 1. The number of hydrogen-bond donors (Lipinski definition) is 1. The molecule has 0 aromatic rings. The molecule has 0 aliphatic rings. The van der Waals surface area contributed by atoms with Gasteiger partial charge in [-0.05, 0) is 33.6 Å². The molecule has 0 aliphatic carbocycles. The van der Waals surface area contributed by atoms with Crippen LogP contribution in [0.2, 0.25) is 0 Å². The average molecular weight is 290 g/mol. The number of carbonyl (C=O) groups excluding carboxylic acids is 1. The van der Waals surface area contributed by atoms with Gasteiger partial charge in [-0.2, -0.15) is 0 Å². The molecule has 3 nitrogen and oxygen atoms in total. The first kappa shape index (κ1) is 24.3. The minimum absolute atomic E-state index is 0.250. The second-order valence-corrected chi connectivity index (χ2v) is 5.60. The Morgan fingerprint density at radius 1 is 1.10 bits per heavy atom. The zero-order chi connectivity index (χ0) is 16.6. The van der Waals surface area contributed by atoms with Gasteiger partial charge in [-0.15, -0.1) is 0 Å². The first-order valence-corrected chi connectivity index (χ1v) is 8.30. The van der Waals surface area contributed by atoms with Crippen molar-refractivity contribution in [1.29, 1.82) is 0 Å². The number of amides is 1. The van der Waals surface area contributed by atoms with E-state index >= 15 is 0 Å². The summed E-state index contributed by atoms with van der Waals surface area (Å²) in [6, 6.07) is 0.250. The predicted molar refractivity (Wildman–Crippen MR) is 90.3 cm³/mol. The summed E-state index contributed by atoms with van der Waals surface area (Å²) in [5.74, 6) is 0. The van der Waals surface area contributed by atoms with Gasteiger partial charge in [0, 0.05) is 6.04 Å². The largest absolute Gasteiger partial charge is 0.444 e. The molecule has 0 aliphatic heterocycles. The van der Waals surface area contributed by atoms with Crippen molar-refractivity contribution >= 4 is 6.09 Å². The monoisotopic (exact) mass is 289 g/mol. The van der Waals surface area contributed by atoms with Gasteiger partial charge in [-0.3, -0.25) is 0 Å². The quantitative estimate of drug-likeness (QED) is 0.682. The summed E-state index contributed by atoms with van der Waals surface area (Å²) in [6.45, 7) is 18.1. The highest BCUT2D eigenvalue weighted by molar-refractivity contribution is 5.68. The normalized spacial score (nSPS) is 11.2. The van der Waals surface area contributed by atoms with E-state index in [2.05, 4.69) is 33.0 Å². The number of carbonyl (C=O) groups is 1. The lowest BCUT2D eigenvalue weighted by Gasteiger charge is -2.23. The third-order valence-electron chi connectivity index (χ3n) is 2.12. The molecule has 0 spiro atoms. The predicted octanol–water partition coefficient (Wildman–Crippen LogP) is 5.92. The summed E-state index contributed by atoms with van der Waals surface area (Å²) in [5.41, 5.74) is -0.410. The minimum Gasteiger partial charge on any atom is -0.444 e. The van der Waals surface area contributed by atoms with Crippen LogP contribution in [-0.2, 0) is 4.74 Å². The van der Waals surface area contributed by atoms with E-state index < -0.39 is 5.60 Å². The first-order valence-electron chi connectivity index (χ1n) is 8.30. The minimum atomic E-state index is -0.410. The van der Waals surface area contributed by atoms with Crippen molar-refractivity contribution in [2.24, 2.45) is 0 Å². The number of nitrogens with one attached hydrogen (secondary N) is 1. The van der Waals surface area contributed by atoms with Crippen molar-refractivity contribution in [1.82, 2.24) is 5.32 Å². The van der Waals surface area contributed by atoms with E-state index in [9.17, 15) is 4.79 Å². The van der Waals surface area contributed by atoms with E-state index in [-0.39, 0.29) is 12.1 Å². The molecule has 124 valence electrons. The van der Waals surface area contributed by atoms with Crippen molar-refractivity contribution in [3.05, 3.63) is 0 Å². The van der Waals surface area contributed by atoms with Crippen LogP contribution in [0.4, 0.5) is 4.79 Å². The van der Waals surface area contributed by atoms with E-state index in [1.54, 1.807) is 0 Å². The molecule has 0 radical (unpaired) electrons. The van der Waals surface area contributed by atoms with Gasteiger partial charge in [-0.1, -0.05) is 60.8 Å². The van der Waals surface area contributed by atoms with Crippen LogP contribution in [-0.4, -0.2) is 17.7 Å². The Morgan fingerprint density at radius 3 is 1.85 bits per heavy atom. The maximum atomic E-state index is 11.5. The molecule has 1 N–H and O–H groups in total. The fourth-order valence-electron chi connectivity index (χ4n) is 1.30. The zero-order valence-corrected chi connectivity index (χ0v) is 15.4. The maximum Gasteiger partial charge on any atom is 0.407 e. The lowest BCUT2D eigenvalue weighted by atomic mass is 10.1. The fraction of sp³-hybridized carbons (Fsp3) is 0.941. The number of rotatable bonds is 5. The summed E-state index contributed by atoms with van der Waals surface area (Å²) in [4.78, 5) is 11.5. The molecule has 0 saturated carbocycles. The van der Waals surface area contributed by atoms with Crippen LogP contribution in [0.1, 0.15) is 94.4 Å². The molecule has 0 unspecified atom stereocenters. The SMILES string of the molecule is CC.CCC.CCCC[C@H](CC)NC(=O)OC(C)(C)C. The molecule has 0 aromatic heterocycles. The number of ether oxygens (including phenoxy) is 1. The lowest BCUT2D eigenvalue weighted by Crippen LogP contribution is -2.38. The van der Waals surface area contributed by atoms with Crippen molar-refractivity contribution in [3.8, 4) is 0 Å². The third kappa shape index (κ3) is 22.5. The van der Waals surface area contributed by atoms with Crippen molar-refractivity contribution in [3.63, 3.8) is 0 Å². The first-order chi connectivity index (χ1) is 9.30. The molecule has 0 fully saturated rings. The topological polar surface area (TPSA) is 38.3 Å². The Balaban J connectivity index is -0.000000505. The van der Waals surface area contributed by atoms with E-state index in [0.717, 1.165) is 25.7 Å². The van der Waals surface area contributed by atoms with Crippen molar-refractivity contribution in [2.45, 2.75) is 106 Å². The van der Waals surface area contributed by atoms with Gasteiger partial charge in [0.1, 0.15) is 5.60 Å². The maximum absolute atomic E-state index is 11.5. The van der Waals surface area contributed by atoms with E-state index in [0.29, 0.717) is 0 Å². The van der Waals surface area contributed by atoms with Crippen molar-refractivity contribution < 1.29 is 9.53 Å². The van der Waals surface area contributed by atoms with Crippen LogP contribution in [0.15, 0.2) is 0 Å². The Morgan fingerprint density at radius 2 is 1.55 bits per heavy atom. The van der Waals surface area contributed by atoms with Crippen LogP contribution >= 0.6 is 0 Å². The molecular weight excluding hydrogens is 250 g/mol. The fourth-order valence-corrected chi connectivity index (χ4v) is 1.30. The third-order valence-corrected chi connectivity index (χ3v) is 2.12. The molecule has 20 heavy (non-hydrogen) atoms. The van der Waals surface area contributed by atoms with Gasteiger partial charge in [0.2, 0.25) is 0 Å². The van der Waals surface area contributed by atoms with E-state index in [1.165, 1.54) is 6.42 Å². The van der Waals surface area contributed by atoms with Gasteiger partial charge < -0.3 is 10.1 Å². The van der Waals surface area contributed by atoms with Crippen LogP contribution in [0.3, 0.4) is 0 Å². The summed E-state index contributed by atoms with van der Waals surface area (Å²) in [5, 5.41) is 2.90. The average Bonchev–Trinajstić information content (AvgIpc) is 2.35. The second kappa shape index (κ2) is 16.3. The van der Waals surface area contributed by atoms with E-state index in [4.69, 9.17) is 4.74 Å². The van der Waals surface area contributed by atoms with Gasteiger partial charge in [0.15, 0.2) is 0 Å². The highest BCUT2D eigenvalue weighted by Gasteiger charge is 2.18. The van der Waals surface area contributed by atoms with Gasteiger partial charge in [0.25, 0.3) is 0 Å². The van der Waals surface area contributed by atoms with Crippen LogP contribution in [0, 0.1) is 0 Å². The standard InChI is InChI=1S/C12H25NO2.C3H8.C2H6/c1-6-8-9-10(7-2)13-11(14)15-12(3,4)5;1-3-2;1-2/h10H,6-9H2,1-5H3,(H,13,14);3H2,1-2H3;1-2H3/t10-;;/m0../s1. The molecule has 0 bridgehead atoms. The lowest BCUT2D eigenvalue weighted by molar-refractivity contribution is 0.0500. The van der Waals surface area contributed by atoms with Gasteiger partial charge in [-0.25, -0.2) is 4.79 Å². The molecule has 0 saturated heterocycles. The molecule has 1 amide bonds. The zero-order valence-electron chi connectivity index (χ0n) is 15.4. The molecule has 0 heterocycles. The highest BCUT2D eigenvalue weighted by Crippen LogP contribution is 2.09. The summed E-state index contributed by atoms with van der Waals surface area (Å²) >= 11 is 0. The Kier molecular flexibility index (Phi) is 19.8. The van der Waals surface area contributed by atoms with E-state index in [1.807, 2.05) is 34.6 Å². The molecule has 0 aromatic carbocycles. The Hall–Kier alpha value is -0.730. The highest BCUT2D eigenvalue weighted by atomic mass is 16.6. The smallest absolute Gasteiger partial charge is 0.407 e. The summed E-state index contributed by atoms with van der Waals surface area (Å²) < 4.78 is 5.20. The molecule has 1 atom stereocenters. The summed E-state index contributed by atoms with van der Waals surface area (Å²) in [6.07, 6.45) is 5.25. The van der Waals surface area contributed by atoms with Crippen LogP contribution < -0.4 is 5.32 Å².